The summed E-state index contributed by atoms with van der Waals surface area (Å²) in [6, 6.07) is 20.9. The second kappa shape index (κ2) is 12.3. The third kappa shape index (κ3) is 6.54. The summed E-state index contributed by atoms with van der Waals surface area (Å²) in [5, 5.41) is 0.753. The topological polar surface area (TPSA) is 25.2 Å². The normalized spacial score (nSPS) is 14.3. The van der Waals surface area contributed by atoms with Crippen LogP contribution in [0.5, 0.6) is 0 Å². The summed E-state index contributed by atoms with van der Waals surface area (Å²) >= 11 is 6.20. The molecule has 2 aromatic carbocycles. The van der Waals surface area contributed by atoms with Crippen molar-refractivity contribution < 1.29 is 4.79 Å². The molecular formula is C30H37ClN2O. The molecule has 1 heterocycles. The Labute approximate surface area is 209 Å². The van der Waals surface area contributed by atoms with Crippen LogP contribution >= 0.6 is 11.6 Å². The highest BCUT2D eigenvalue weighted by atomic mass is 35.5. The van der Waals surface area contributed by atoms with E-state index in [9.17, 15) is 4.79 Å². The monoisotopic (exact) mass is 476 g/mol. The predicted octanol–water partition coefficient (Wildman–Crippen LogP) is 7.90. The van der Waals surface area contributed by atoms with E-state index in [1.807, 2.05) is 30.3 Å². The van der Waals surface area contributed by atoms with Gasteiger partial charge in [0.25, 0.3) is 5.91 Å². The quantitative estimate of drug-likeness (QED) is 0.273. The number of carbonyl (C=O) groups is 1. The van der Waals surface area contributed by atoms with E-state index in [-0.39, 0.29) is 5.91 Å². The summed E-state index contributed by atoms with van der Waals surface area (Å²) in [6.45, 7) is 3.62. The highest BCUT2D eigenvalue weighted by Crippen LogP contribution is 2.26. The number of hydrogen-bond donors (Lipinski definition) is 0. The zero-order chi connectivity index (χ0) is 23.8. The molecule has 3 nitrogen and oxygen atoms in total. The third-order valence-electron chi connectivity index (χ3n) is 7.04. The number of rotatable bonds is 10. The van der Waals surface area contributed by atoms with Crippen LogP contribution in [0.3, 0.4) is 0 Å². The van der Waals surface area contributed by atoms with Gasteiger partial charge in [0.2, 0.25) is 0 Å². The van der Waals surface area contributed by atoms with Gasteiger partial charge in [-0.2, -0.15) is 0 Å². The number of carbonyl (C=O) groups excluding carboxylic acids is 1. The van der Waals surface area contributed by atoms with Crippen molar-refractivity contribution in [1.29, 1.82) is 0 Å². The summed E-state index contributed by atoms with van der Waals surface area (Å²) in [5.41, 5.74) is 4.46. The maximum Gasteiger partial charge on any atom is 0.254 e. The highest BCUT2D eigenvalue weighted by Gasteiger charge is 2.27. The van der Waals surface area contributed by atoms with Gasteiger partial charge in [-0.25, -0.2) is 0 Å². The van der Waals surface area contributed by atoms with Gasteiger partial charge < -0.3 is 9.47 Å². The lowest BCUT2D eigenvalue weighted by Gasteiger charge is -2.35. The van der Waals surface area contributed by atoms with Crippen LogP contribution in [-0.4, -0.2) is 21.4 Å². The van der Waals surface area contributed by atoms with Crippen molar-refractivity contribution in [1.82, 2.24) is 9.47 Å². The third-order valence-corrected chi connectivity index (χ3v) is 7.28. The largest absolute Gasteiger partial charge is 0.345 e. The first-order valence-electron chi connectivity index (χ1n) is 12.9. The zero-order valence-corrected chi connectivity index (χ0v) is 21.1. The zero-order valence-electron chi connectivity index (χ0n) is 20.4. The molecule has 1 amide bonds. The standard InChI is InChI=1S/C30H37ClN2O/c1-2-3-5-10-24-16-18-26(19-17-24)30(34)33(28-13-6-4-7-14-28)23-29-15-9-20-32(29)22-25-11-8-12-27(31)21-25/h8-9,11-12,15-21,28H,2-7,10,13-14,22-23H2,1H3. The van der Waals surface area contributed by atoms with E-state index in [0.717, 1.165) is 42.1 Å². The molecular weight excluding hydrogens is 440 g/mol. The van der Waals surface area contributed by atoms with E-state index in [1.165, 1.54) is 49.7 Å². The fraction of sp³-hybridized carbons (Fsp3) is 0.433. The number of hydrogen-bond acceptors (Lipinski definition) is 1. The molecule has 0 unspecified atom stereocenters. The number of aromatic nitrogens is 1. The Balaban J connectivity index is 1.52. The molecule has 0 spiro atoms. The van der Waals surface area contributed by atoms with E-state index in [0.29, 0.717) is 12.6 Å². The average Bonchev–Trinajstić information content (AvgIpc) is 3.30. The Kier molecular flexibility index (Phi) is 8.87. The molecule has 1 aliphatic carbocycles. The maximum atomic E-state index is 13.8. The van der Waals surface area contributed by atoms with Crippen LogP contribution in [-0.2, 0) is 19.5 Å². The van der Waals surface area contributed by atoms with Gasteiger partial charge in [0.15, 0.2) is 0 Å². The molecule has 1 aliphatic rings. The van der Waals surface area contributed by atoms with Crippen LogP contribution in [0.25, 0.3) is 0 Å². The number of benzene rings is 2. The molecule has 4 heteroatoms. The van der Waals surface area contributed by atoms with Crippen LogP contribution in [0.15, 0.2) is 66.9 Å². The minimum atomic E-state index is 0.155. The molecule has 1 saturated carbocycles. The van der Waals surface area contributed by atoms with E-state index in [1.54, 1.807) is 0 Å². The van der Waals surface area contributed by atoms with E-state index in [2.05, 4.69) is 52.9 Å². The molecule has 1 fully saturated rings. The minimum Gasteiger partial charge on any atom is -0.345 e. The van der Waals surface area contributed by atoms with E-state index in [4.69, 9.17) is 11.6 Å². The molecule has 0 saturated heterocycles. The van der Waals surface area contributed by atoms with Crippen LogP contribution in [0, 0.1) is 0 Å². The second-order valence-corrected chi connectivity index (χ2v) is 10.1. The first-order valence-corrected chi connectivity index (χ1v) is 13.3. The van der Waals surface area contributed by atoms with Crippen molar-refractivity contribution >= 4 is 17.5 Å². The van der Waals surface area contributed by atoms with Crippen molar-refractivity contribution in [3.63, 3.8) is 0 Å². The van der Waals surface area contributed by atoms with Crippen LogP contribution < -0.4 is 0 Å². The van der Waals surface area contributed by atoms with Crippen molar-refractivity contribution in [2.75, 3.05) is 0 Å². The van der Waals surface area contributed by atoms with Crippen molar-refractivity contribution in [2.24, 2.45) is 0 Å². The van der Waals surface area contributed by atoms with Gasteiger partial charge in [0.05, 0.1) is 6.54 Å². The molecule has 0 atom stereocenters. The van der Waals surface area contributed by atoms with Gasteiger partial charge in [0, 0.05) is 35.1 Å². The summed E-state index contributed by atoms with van der Waals surface area (Å²) in [4.78, 5) is 15.9. The maximum absolute atomic E-state index is 13.8. The smallest absolute Gasteiger partial charge is 0.254 e. The lowest BCUT2D eigenvalue weighted by atomic mass is 9.93. The fourth-order valence-electron chi connectivity index (χ4n) is 5.07. The SMILES string of the molecule is CCCCCc1ccc(C(=O)N(Cc2cccn2Cc2cccc(Cl)c2)C2CCCCC2)cc1. The Morgan fingerprint density at radius 2 is 1.76 bits per heavy atom. The number of nitrogens with zero attached hydrogens (tertiary/aromatic N) is 2. The minimum absolute atomic E-state index is 0.155. The van der Waals surface area contributed by atoms with Gasteiger partial charge in [-0.15, -0.1) is 0 Å². The summed E-state index contributed by atoms with van der Waals surface area (Å²) in [5.74, 6) is 0.155. The molecule has 0 bridgehead atoms. The Morgan fingerprint density at radius 3 is 2.50 bits per heavy atom. The lowest BCUT2D eigenvalue weighted by Crippen LogP contribution is -2.41. The van der Waals surface area contributed by atoms with Crippen LogP contribution in [0.2, 0.25) is 5.02 Å². The predicted molar refractivity (Wildman–Crippen MR) is 141 cm³/mol. The van der Waals surface area contributed by atoms with Crippen molar-refractivity contribution in [3.05, 3.63) is 94.3 Å². The molecule has 3 aromatic rings. The lowest BCUT2D eigenvalue weighted by molar-refractivity contribution is 0.0608. The Hall–Kier alpha value is -2.52. The molecule has 180 valence electrons. The van der Waals surface area contributed by atoms with Gasteiger partial charge in [-0.3, -0.25) is 4.79 Å². The van der Waals surface area contributed by atoms with Gasteiger partial charge in [0.1, 0.15) is 0 Å². The Morgan fingerprint density at radius 1 is 0.971 bits per heavy atom. The average molecular weight is 477 g/mol. The fourth-order valence-corrected chi connectivity index (χ4v) is 5.29. The second-order valence-electron chi connectivity index (χ2n) is 9.64. The molecule has 0 N–H and O–H groups in total. The molecule has 34 heavy (non-hydrogen) atoms. The Bertz CT molecular complexity index is 1050. The van der Waals surface area contributed by atoms with Crippen molar-refractivity contribution in [3.8, 4) is 0 Å². The van der Waals surface area contributed by atoms with E-state index < -0.39 is 0 Å². The summed E-state index contributed by atoms with van der Waals surface area (Å²) in [7, 11) is 0. The van der Waals surface area contributed by atoms with Crippen LogP contribution in [0.1, 0.15) is 85.5 Å². The van der Waals surface area contributed by atoms with Crippen LogP contribution in [0.4, 0.5) is 0 Å². The first-order chi connectivity index (χ1) is 16.6. The van der Waals surface area contributed by atoms with Gasteiger partial charge in [-0.05, 0) is 73.2 Å². The van der Waals surface area contributed by atoms with Gasteiger partial charge in [-0.1, -0.05) is 74.9 Å². The van der Waals surface area contributed by atoms with Crippen molar-refractivity contribution in [2.45, 2.75) is 83.8 Å². The molecule has 0 radical (unpaired) electrons. The first kappa shape index (κ1) is 24.6. The number of aryl methyl sites for hydroxylation is 1. The van der Waals surface area contributed by atoms with Gasteiger partial charge >= 0.3 is 0 Å². The molecule has 1 aromatic heterocycles. The molecule has 0 aliphatic heterocycles. The van der Waals surface area contributed by atoms with E-state index >= 15 is 0 Å². The highest BCUT2D eigenvalue weighted by molar-refractivity contribution is 6.30. The summed E-state index contributed by atoms with van der Waals surface area (Å²) < 4.78 is 2.24. The number of halogens is 1. The molecule has 4 rings (SSSR count). The number of amides is 1. The summed E-state index contributed by atoms with van der Waals surface area (Å²) in [6.07, 6.45) is 12.7. The number of unbranched alkanes of at least 4 members (excludes halogenated alkanes) is 2.